The summed E-state index contributed by atoms with van der Waals surface area (Å²) in [6, 6.07) is 1.71. The number of carbonyl (C=O) groups excluding carboxylic acids is 1. The van der Waals surface area contributed by atoms with Crippen molar-refractivity contribution in [3.05, 3.63) is 22.8 Å². The fraction of sp³-hybridized carbons (Fsp3) is 0.667. The van der Waals surface area contributed by atoms with Crippen LogP contribution in [0, 0.1) is 5.92 Å². The molecule has 2 aliphatic rings. The monoisotopic (exact) mass is 366 g/mol. The predicted molar refractivity (Wildman–Crippen MR) is 99.3 cm³/mol. The minimum absolute atomic E-state index is 0.0355. The SMILES string of the molecule is CC1CCN(CCNc2ncc(C(=O)N3CCOCC3)cc2Cl)CC1. The summed E-state index contributed by atoms with van der Waals surface area (Å²) < 4.78 is 5.28. The molecule has 3 rings (SSSR count). The molecular weight excluding hydrogens is 340 g/mol. The molecule has 1 aromatic rings. The van der Waals surface area contributed by atoms with Crippen LogP contribution in [0.4, 0.5) is 5.82 Å². The summed E-state index contributed by atoms with van der Waals surface area (Å²) >= 11 is 6.32. The van der Waals surface area contributed by atoms with Crippen LogP contribution in [0.2, 0.25) is 5.02 Å². The largest absolute Gasteiger partial charge is 0.378 e. The van der Waals surface area contributed by atoms with E-state index in [1.165, 1.54) is 12.8 Å². The third-order valence-electron chi connectivity index (χ3n) is 4.98. The summed E-state index contributed by atoms with van der Waals surface area (Å²) in [5.74, 6) is 1.45. The number of morpholine rings is 1. The second kappa shape index (κ2) is 8.83. The molecule has 0 aromatic carbocycles. The number of nitrogens with zero attached hydrogens (tertiary/aromatic N) is 3. The average molecular weight is 367 g/mol. The zero-order chi connectivity index (χ0) is 17.6. The Morgan fingerprint density at radius 1 is 1.32 bits per heavy atom. The van der Waals surface area contributed by atoms with Gasteiger partial charge in [0.1, 0.15) is 5.82 Å². The third kappa shape index (κ3) is 5.06. The van der Waals surface area contributed by atoms with Gasteiger partial charge in [-0.3, -0.25) is 4.79 Å². The van der Waals surface area contributed by atoms with E-state index < -0.39 is 0 Å². The van der Waals surface area contributed by atoms with Crippen molar-refractivity contribution < 1.29 is 9.53 Å². The van der Waals surface area contributed by atoms with Crippen molar-refractivity contribution in [2.24, 2.45) is 5.92 Å². The van der Waals surface area contributed by atoms with Gasteiger partial charge in [-0.1, -0.05) is 18.5 Å². The van der Waals surface area contributed by atoms with Crippen molar-refractivity contribution in [2.45, 2.75) is 19.8 Å². The first-order valence-electron chi connectivity index (χ1n) is 9.12. The van der Waals surface area contributed by atoms with Gasteiger partial charge >= 0.3 is 0 Å². The van der Waals surface area contributed by atoms with Gasteiger partial charge in [0.2, 0.25) is 0 Å². The van der Waals surface area contributed by atoms with Gasteiger partial charge in [0.05, 0.1) is 23.8 Å². The fourth-order valence-electron chi connectivity index (χ4n) is 3.25. The second-order valence-electron chi connectivity index (χ2n) is 6.91. The highest BCUT2D eigenvalue weighted by molar-refractivity contribution is 6.33. The van der Waals surface area contributed by atoms with Crippen LogP contribution < -0.4 is 5.32 Å². The molecule has 0 saturated carbocycles. The Bertz CT molecular complexity index is 584. The minimum atomic E-state index is -0.0355. The molecule has 25 heavy (non-hydrogen) atoms. The maximum absolute atomic E-state index is 12.5. The van der Waals surface area contributed by atoms with Gasteiger partial charge in [-0.15, -0.1) is 0 Å². The Morgan fingerprint density at radius 2 is 2.04 bits per heavy atom. The number of nitrogens with one attached hydrogen (secondary N) is 1. The van der Waals surface area contributed by atoms with Gasteiger partial charge in [0, 0.05) is 32.4 Å². The summed E-state index contributed by atoms with van der Waals surface area (Å²) in [4.78, 5) is 21.1. The second-order valence-corrected chi connectivity index (χ2v) is 7.32. The molecule has 1 aromatic heterocycles. The number of piperidine rings is 1. The van der Waals surface area contributed by atoms with Gasteiger partial charge in [-0.25, -0.2) is 4.98 Å². The molecule has 2 saturated heterocycles. The number of hydrogen-bond donors (Lipinski definition) is 1. The normalized spacial score (nSPS) is 19.8. The zero-order valence-electron chi connectivity index (χ0n) is 14.8. The van der Waals surface area contributed by atoms with Gasteiger partial charge in [-0.05, 0) is 37.9 Å². The number of anilines is 1. The molecule has 0 radical (unpaired) electrons. The molecule has 0 unspecified atom stereocenters. The molecule has 0 aliphatic carbocycles. The lowest BCUT2D eigenvalue weighted by molar-refractivity contribution is 0.0302. The van der Waals surface area contributed by atoms with Crippen molar-refractivity contribution in [1.82, 2.24) is 14.8 Å². The molecular formula is C18H27ClN4O2. The minimum Gasteiger partial charge on any atom is -0.378 e. The van der Waals surface area contributed by atoms with E-state index in [1.54, 1.807) is 17.2 Å². The van der Waals surface area contributed by atoms with Crippen LogP contribution in [0.25, 0.3) is 0 Å². The van der Waals surface area contributed by atoms with Gasteiger partial charge in [-0.2, -0.15) is 0 Å². The van der Waals surface area contributed by atoms with Gasteiger partial charge in [0.25, 0.3) is 5.91 Å². The molecule has 1 amide bonds. The van der Waals surface area contributed by atoms with Gasteiger partial charge < -0.3 is 19.9 Å². The quantitative estimate of drug-likeness (QED) is 0.866. The summed E-state index contributed by atoms with van der Waals surface area (Å²) in [7, 11) is 0. The molecule has 0 spiro atoms. The molecule has 2 aliphatic heterocycles. The van der Waals surface area contributed by atoms with Crippen LogP contribution in [0.3, 0.4) is 0 Å². The number of hydrogen-bond acceptors (Lipinski definition) is 5. The predicted octanol–water partition coefficient (Wildman–Crippen LogP) is 2.35. The maximum atomic E-state index is 12.5. The van der Waals surface area contributed by atoms with Crippen molar-refractivity contribution in [1.29, 1.82) is 0 Å². The third-order valence-corrected chi connectivity index (χ3v) is 5.27. The Hall–Kier alpha value is -1.37. The number of rotatable bonds is 5. The van der Waals surface area contributed by atoms with Crippen molar-refractivity contribution in [3.63, 3.8) is 0 Å². The van der Waals surface area contributed by atoms with E-state index in [9.17, 15) is 4.79 Å². The summed E-state index contributed by atoms with van der Waals surface area (Å²) in [5, 5.41) is 3.78. The first-order valence-corrected chi connectivity index (χ1v) is 9.50. The first kappa shape index (κ1) is 18.4. The number of halogens is 1. The van der Waals surface area contributed by atoms with E-state index in [0.717, 1.165) is 32.1 Å². The van der Waals surface area contributed by atoms with Crippen LogP contribution in [0.15, 0.2) is 12.3 Å². The average Bonchev–Trinajstić information content (AvgIpc) is 2.65. The van der Waals surface area contributed by atoms with E-state index in [4.69, 9.17) is 16.3 Å². The highest BCUT2D eigenvalue weighted by Gasteiger charge is 2.20. The summed E-state index contributed by atoms with van der Waals surface area (Å²) in [6.45, 7) is 8.84. The lowest BCUT2D eigenvalue weighted by Crippen LogP contribution is -2.40. The fourth-order valence-corrected chi connectivity index (χ4v) is 3.49. The Kier molecular flexibility index (Phi) is 6.51. The Morgan fingerprint density at radius 3 is 2.72 bits per heavy atom. The highest BCUT2D eigenvalue weighted by atomic mass is 35.5. The first-order chi connectivity index (χ1) is 12.1. The van der Waals surface area contributed by atoms with Crippen molar-refractivity contribution in [2.75, 3.05) is 57.8 Å². The van der Waals surface area contributed by atoms with Crippen LogP contribution in [0.5, 0.6) is 0 Å². The van der Waals surface area contributed by atoms with Crippen LogP contribution in [-0.2, 0) is 4.74 Å². The number of amides is 1. The van der Waals surface area contributed by atoms with E-state index in [-0.39, 0.29) is 5.91 Å². The van der Waals surface area contributed by atoms with Crippen molar-refractivity contribution in [3.8, 4) is 0 Å². The molecule has 1 N–H and O–H groups in total. The molecule has 6 nitrogen and oxygen atoms in total. The van der Waals surface area contributed by atoms with E-state index in [1.807, 2.05) is 0 Å². The zero-order valence-corrected chi connectivity index (χ0v) is 15.6. The number of pyridine rings is 1. The smallest absolute Gasteiger partial charge is 0.255 e. The lowest BCUT2D eigenvalue weighted by Gasteiger charge is -2.30. The number of ether oxygens (including phenoxy) is 1. The molecule has 7 heteroatoms. The van der Waals surface area contributed by atoms with Gasteiger partial charge in [0.15, 0.2) is 0 Å². The Balaban J connectivity index is 1.50. The molecule has 0 atom stereocenters. The summed E-state index contributed by atoms with van der Waals surface area (Å²) in [5.41, 5.74) is 0.530. The number of likely N-dealkylation sites (tertiary alicyclic amines) is 1. The number of carbonyl (C=O) groups is 1. The number of aromatic nitrogens is 1. The summed E-state index contributed by atoms with van der Waals surface area (Å²) in [6.07, 6.45) is 4.16. The van der Waals surface area contributed by atoms with Crippen molar-refractivity contribution >= 4 is 23.3 Å². The van der Waals surface area contributed by atoms with Crippen LogP contribution in [0.1, 0.15) is 30.1 Å². The van der Waals surface area contributed by atoms with E-state index in [0.29, 0.717) is 42.7 Å². The molecule has 138 valence electrons. The standard InChI is InChI=1S/C18H27ClN4O2/c1-14-2-5-22(6-3-14)7-4-20-17-16(19)12-15(13-21-17)18(24)23-8-10-25-11-9-23/h12-14H,2-11H2,1H3,(H,20,21). The lowest BCUT2D eigenvalue weighted by atomic mass is 9.99. The highest BCUT2D eigenvalue weighted by Crippen LogP contribution is 2.21. The molecule has 2 fully saturated rings. The topological polar surface area (TPSA) is 57.7 Å². The molecule has 3 heterocycles. The maximum Gasteiger partial charge on any atom is 0.255 e. The van der Waals surface area contributed by atoms with Crippen LogP contribution in [-0.4, -0.2) is 73.2 Å². The molecule has 0 bridgehead atoms. The van der Waals surface area contributed by atoms with E-state index >= 15 is 0 Å². The van der Waals surface area contributed by atoms with E-state index in [2.05, 4.69) is 22.1 Å². The van der Waals surface area contributed by atoms with Crippen LogP contribution >= 0.6 is 11.6 Å². The Labute approximate surface area is 154 Å².